The highest BCUT2D eigenvalue weighted by Gasteiger charge is 2.28. The van der Waals surface area contributed by atoms with E-state index in [1.54, 1.807) is 42.5 Å². The number of pyridine rings is 1. The van der Waals surface area contributed by atoms with Crippen molar-refractivity contribution in [3.05, 3.63) is 88.2 Å². The number of hydrogen-bond acceptors (Lipinski definition) is 5. The third-order valence-electron chi connectivity index (χ3n) is 5.46. The minimum absolute atomic E-state index is 0.0173. The molecule has 1 aromatic heterocycles. The Morgan fingerprint density at radius 2 is 1.73 bits per heavy atom. The van der Waals surface area contributed by atoms with Crippen LogP contribution in [0, 0.1) is 17.7 Å². The van der Waals surface area contributed by atoms with E-state index >= 15 is 0 Å². The van der Waals surface area contributed by atoms with E-state index in [9.17, 15) is 4.79 Å². The molecule has 0 radical (unpaired) electrons. The second-order valence-electron chi connectivity index (χ2n) is 8.13. The molecule has 1 fully saturated rings. The first-order valence-electron chi connectivity index (χ1n) is 10.7. The van der Waals surface area contributed by atoms with Gasteiger partial charge in [-0.2, -0.15) is 0 Å². The number of aryl methyl sites for hydroxylation is 1. The van der Waals surface area contributed by atoms with Gasteiger partial charge in [0.25, 0.3) is 5.91 Å². The fourth-order valence-electron chi connectivity index (χ4n) is 3.57. The van der Waals surface area contributed by atoms with Crippen molar-refractivity contribution < 1.29 is 9.53 Å². The minimum atomic E-state index is -0.324. The van der Waals surface area contributed by atoms with Crippen molar-refractivity contribution in [2.75, 3.05) is 5.32 Å². The molecule has 1 amide bonds. The summed E-state index contributed by atoms with van der Waals surface area (Å²) in [4.78, 5) is 17.9. The monoisotopic (exact) mass is 442 g/mol. The third kappa shape index (κ3) is 5.17. The molecule has 0 aliphatic heterocycles. The van der Waals surface area contributed by atoms with Gasteiger partial charge in [-0.1, -0.05) is 30.3 Å². The summed E-state index contributed by atoms with van der Waals surface area (Å²) < 4.78 is 6.08. The molecule has 0 unspecified atom stereocenters. The Bertz CT molecular complexity index is 1250. The number of anilines is 1. The highest BCUT2D eigenvalue weighted by molar-refractivity contribution is 6.07. The Balaban J connectivity index is 1.62. The van der Waals surface area contributed by atoms with E-state index < -0.39 is 0 Å². The lowest BCUT2D eigenvalue weighted by Crippen LogP contribution is -2.17. The number of amidine groups is 2. The van der Waals surface area contributed by atoms with Crippen molar-refractivity contribution >= 4 is 23.3 Å². The number of aromatic nitrogens is 1. The van der Waals surface area contributed by atoms with Crippen LogP contribution in [0.4, 0.5) is 5.69 Å². The molecule has 0 bridgehead atoms. The highest BCUT2D eigenvalue weighted by Crippen LogP contribution is 2.41. The van der Waals surface area contributed by atoms with Crippen LogP contribution in [-0.4, -0.2) is 22.6 Å². The fourth-order valence-corrected chi connectivity index (χ4v) is 3.57. The van der Waals surface area contributed by atoms with Crippen molar-refractivity contribution in [1.29, 1.82) is 10.8 Å². The van der Waals surface area contributed by atoms with Crippen LogP contribution >= 0.6 is 0 Å². The van der Waals surface area contributed by atoms with Crippen molar-refractivity contribution in [1.82, 2.24) is 4.98 Å². The van der Waals surface area contributed by atoms with Crippen LogP contribution in [0.5, 0.6) is 5.75 Å². The number of benzene rings is 2. The van der Waals surface area contributed by atoms with Crippen molar-refractivity contribution in [3.8, 4) is 5.75 Å². The van der Waals surface area contributed by atoms with Gasteiger partial charge in [0, 0.05) is 28.4 Å². The number of carbonyl (C=O) groups is 1. The van der Waals surface area contributed by atoms with Gasteiger partial charge in [-0.05, 0) is 49.6 Å². The van der Waals surface area contributed by atoms with Gasteiger partial charge in [-0.15, -0.1) is 0 Å². The summed E-state index contributed by atoms with van der Waals surface area (Å²) in [6, 6.07) is 15.9. The summed E-state index contributed by atoms with van der Waals surface area (Å²) in [5.41, 5.74) is 15.6. The first-order chi connectivity index (χ1) is 15.8. The van der Waals surface area contributed by atoms with Gasteiger partial charge < -0.3 is 21.5 Å². The number of nitrogens with one attached hydrogen (secondary N) is 3. The van der Waals surface area contributed by atoms with Crippen LogP contribution in [0.3, 0.4) is 0 Å². The molecule has 0 spiro atoms. The molecular formula is C25H26N6O2. The quantitative estimate of drug-likeness (QED) is 0.266. The van der Waals surface area contributed by atoms with E-state index in [-0.39, 0.29) is 24.2 Å². The Kier molecular flexibility index (Phi) is 6.08. The first-order valence-corrected chi connectivity index (χ1v) is 10.7. The Hall–Kier alpha value is -4.20. The summed E-state index contributed by atoms with van der Waals surface area (Å²) in [5.74, 6) is 0.371. The molecule has 1 aliphatic rings. The van der Waals surface area contributed by atoms with Crippen LogP contribution in [0.25, 0.3) is 0 Å². The zero-order chi connectivity index (χ0) is 23.5. The lowest BCUT2D eigenvalue weighted by atomic mass is 10.1. The molecule has 8 nitrogen and oxygen atoms in total. The molecule has 4 rings (SSSR count). The van der Waals surface area contributed by atoms with Crippen molar-refractivity contribution in [2.45, 2.75) is 32.3 Å². The van der Waals surface area contributed by atoms with E-state index in [1.165, 1.54) is 0 Å². The van der Waals surface area contributed by atoms with Gasteiger partial charge in [-0.25, -0.2) is 0 Å². The van der Waals surface area contributed by atoms with Gasteiger partial charge in [0.2, 0.25) is 0 Å². The number of nitrogens with two attached hydrogens (primary N) is 2. The van der Waals surface area contributed by atoms with Gasteiger partial charge in [0.15, 0.2) is 5.75 Å². The number of rotatable bonds is 8. The maximum atomic E-state index is 13.3. The van der Waals surface area contributed by atoms with E-state index in [0.717, 1.165) is 24.1 Å². The second-order valence-corrected chi connectivity index (χ2v) is 8.13. The number of nitrogens with zero attached hydrogens (tertiary/aromatic N) is 1. The zero-order valence-electron chi connectivity index (χ0n) is 18.3. The lowest BCUT2D eigenvalue weighted by molar-refractivity contribution is 0.102. The topological polar surface area (TPSA) is 151 Å². The van der Waals surface area contributed by atoms with Gasteiger partial charge in [0.05, 0.1) is 11.3 Å². The van der Waals surface area contributed by atoms with Crippen molar-refractivity contribution in [3.63, 3.8) is 0 Å². The maximum Gasteiger partial charge on any atom is 0.259 e. The van der Waals surface area contributed by atoms with E-state index in [0.29, 0.717) is 39.7 Å². The highest BCUT2D eigenvalue weighted by atomic mass is 16.5. The summed E-state index contributed by atoms with van der Waals surface area (Å²) in [6.45, 7) is 2.03. The molecule has 8 heteroatoms. The average molecular weight is 443 g/mol. The van der Waals surface area contributed by atoms with E-state index in [4.69, 9.17) is 27.0 Å². The molecule has 33 heavy (non-hydrogen) atoms. The number of carbonyl (C=O) groups excluding carboxylic acids is 1. The Labute approximate surface area is 192 Å². The first kappa shape index (κ1) is 22.0. The molecule has 0 saturated heterocycles. The molecule has 3 aromatic rings. The van der Waals surface area contributed by atoms with Gasteiger partial charge >= 0.3 is 0 Å². The molecule has 7 N–H and O–H groups in total. The number of hydrogen-bond donors (Lipinski definition) is 5. The molecule has 168 valence electrons. The summed E-state index contributed by atoms with van der Waals surface area (Å²) in [7, 11) is 0. The smallest absolute Gasteiger partial charge is 0.259 e. The van der Waals surface area contributed by atoms with Crippen LogP contribution in [0.15, 0.2) is 54.6 Å². The van der Waals surface area contributed by atoms with Gasteiger partial charge in [-0.3, -0.25) is 20.6 Å². The third-order valence-corrected chi connectivity index (χ3v) is 5.46. The molecular weight excluding hydrogens is 416 g/mol. The largest absolute Gasteiger partial charge is 0.486 e. The predicted octanol–water partition coefficient (Wildman–Crippen LogP) is 3.67. The summed E-state index contributed by atoms with van der Waals surface area (Å²) in [5, 5.41) is 18.1. The molecule has 1 aliphatic carbocycles. The lowest BCUT2D eigenvalue weighted by Gasteiger charge is -2.16. The van der Waals surface area contributed by atoms with Crippen LogP contribution in [0.2, 0.25) is 0 Å². The average Bonchev–Trinajstić information content (AvgIpc) is 3.63. The number of amides is 1. The number of nitrogen functional groups attached to an aromatic ring is 2. The van der Waals surface area contributed by atoms with Crippen LogP contribution in [-0.2, 0) is 6.61 Å². The minimum Gasteiger partial charge on any atom is -0.486 e. The fraction of sp³-hybridized carbons (Fsp3) is 0.200. The molecule has 0 atom stereocenters. The normalized spacial score (nSPS) is 12.8. The van der Waals surface area contributed by atoms with Gasteiger partial charge in [0.1, 0.15) is 18.3 Å². The Morgan fingerprint density at radius 1 is 1.06 bits per heavy atom. The second kappa shape index (κ2) is 9.12. The summed E-state index contributed by atoms with van der Waals surface area (Å²) in [6.07, 6.45) is 2.12. The molecule has 1 saturated carbocycles. The SMILES string of the molecule is Cc1nc(C2CC2)cc(C(=O)Nc2cccc(C(=N)N)c2)c1OCc1cccc(C(=N)N)c1. The number of ether oxygens (including phenoxy) is 1. The van der Waals surface area contributed by atoms with Crippen LogP contribution in [0.1, 0.15) is 57.2 Å². The zero-order valence-corrected chi connectivity index (χ0v) is 18.3. The molecule has 1 heterocycles. The van der Waals surface area contributed by atoms with E-state index in [2.05, 4.69) is 10.3 Å². The van der Waals surface area contributed by atoms with Crippen molar-refractivity contribution in [2.24, 2.45) is 11.5 Å². The van der Waals surface area contributed by atoms with Crippen LogP contribution < -0.4 is 21.5 Å². The summed E-state index contributed by atoms with van der Waals surface area (Å²) >= 11 is 0. The maximum absolute atomic E-state index is 13.3. The van der Waals surface area contributed by atoms with E-state index in [1.807, 2.05) is 19.1 Å². The Morgan fingerprint density at radius 3 is 2.39 bits per heavy atom. The molecule has 2 aromatic carbocycles. The predicted molar refractivity (Wildman–Crippen MR) is 128 cm³/mol. The standard InChI is InChI=1S/C25H26N6O2/c1-14-22(33-13-15-4-2-5-17(10-15)23(26)27)20(12-21(30-14)16-8-9-16)25(32)31-19-7-3-6-18(11-19)24(28)29/h2-7,10-12,16H,8-9,13H2,1H3,(H3,26,27)(H3,28,29)(H,31,32).